The molecule has 0 bridgehead atoms. The van der Waals surface area contributed by atoms with Gasteiger partial charge in [-0.1, -0.05) is 12.1 Å². The van der Waals surface area contributed by atoms with Gasteiger partial charge in [0.2, 0.25) is 0 Å². The van der Waals surface area contributed by atoms with Gasteiger partial charge < -0.3 is 9.72 Å². The Morgan fingerprint density at radius 2 is 1.85 bits per heavy atom. The van der Waals surface area contributed by atoms with Crippen LogP contribution in [0.5, 0.6) is 5.75 Å². The fourth-order valence-corrected chi connectivity index (χ4v) is 3.66. The van der Waals surface area contributed by atoms with Crippen LogP contribution in [-0.2, 0) is 4.79 Å². The number of carbonyl (C=O) groups is 1. The zero-order valence-electron chi connectivity index (χ0n) is 13.3. The number of H-pyrrole nitrogens is 1. The van der Waals surface area contributed by atoms with Gasteiger partial charge in [-0.3, -0.25) is 9.59 Å². The first-order valence-electron chi connectivity index (χ1n) is 7.32. The Balaban J connectivity index is 2.03. The Kier molecular flexibility index (Phi) is 5.19. The van der Waals surface area contributed by atoms with Crippen molar-refractivity contribution in [3.05, 3.63) is 71.7 Å². The molecule has 0 saturated heterocycles. The Labute approximate surface area is 163 Å². The van der Waals surface area contributed by atoms with Crippen molar-refractivity contribution in [3.63, 3.8) is 0 Å². The molecule has 0 atom stereocenters. The molecule has 2 aromatic carbocycles. The molecule has 3 rings (SSSR count). The molecule has 1 heterocycles. The molecule has 26 heavy (non-hydrogen) atoms. The molecule has 9 heteroatoms. The van der Waals surface area contributed by atoms with Crippen LogP contribution in [-0.4, -0.2) is 21.8 Å². The monoisotopic (exact) mass is 479 g/mol. The lowest BCUT2D eigenvalue weighted by atomic mass is 10.2. The van der Waals surface area contributed by atoms with E-state index in [1.807, 2.05) is 0 Å². The normalized spacial score (nSPS) is 11.2. The smallest absolute Gasteiger partial charge is 0.349 e. The summed E-state index contributed by atoms with van der Waals surface area (Å²) in [5.41, 5.74) is -0.126. The third-order valence-electron chi connectivity index (χ3n) is 3.37. The number of carbonyl (C=O) groups excluding carboxylic acids is 1. The van der Waals surface area contributed by atoms with Crippen LogP contribution in [0.4, 0.5) is 0 Å². The molecule has 0 aliphatic rings. The number of fused-ring (bicyclic) bond motifs is 1. The van der Waals surface area contributed by atoms with E-state index in [9.17, 15) is 14.4 Å². The Morgan fingerprint density at radius 1 is 1.19 bits per heavy atom. The van der Waals surface area contributed by atoms with Crippen LogP contribution in [0, 0.1) is 0 Å². The van der Waals surface area contributed by atoms with E-state index >= 15 is 0 Å². The van der Waals surface area contributed by atoms with Crippen molar-refractivity contribution >= 4 is 54.9 Å². The van der Waals surface area contributed by atoms with E-state index in [0.717, 1.165) is 4.68 Å². The van der Waals surface area contributed by atoms with Crippen molar-refractivity contribution in [2.24, 2.45) is 5.10 Å². The van der Waals surface area contributed by atoms with E-state index in [0.29, 0.717) is 31.2 Å². The summed E-state index contributed by atoms with van der Waals surface area (Å²) in [6.07, 6.45) is 1.36. The quantitative estimate of drug-likeness (QED) is 0.354. The summed E-state index contributed by atoms with van der Waals surface area (Å²) in [5, 5.41) is 4.34. The maximum atomic E-state index is 12.4. The minimum Gasteiger partial charge on any atom is -0.424 e. The van der Waals surface area contributed by atoms with E-state index in [4.69, 9.17) is 4.74 Å². The third kappa shape index (κ3) is 3.68. The van der Waals surface area contributed by atoms with Gasteiger partial charge in [-0.25, -0.2) is 4.79 Å². The average Bonchev–Trinajstić information content (AvgIpc) is 2.58. The first-order chi connectivity index (χ1) is 12.4. The summed E-state index contributed by atoms with van der Waals surface area (Å²) < 4.78 is 6.88. The number of benzene rings is 2. The molecule has 7 nitrogen and oxygen atoms in total. The van der Waals surface area contributed by atoms with Crippen molar-refractivity contribution in [2.45, 2.75) is 6.92 Å². The maximum Gasteiger partial charge on any atom is 0.349 e. The van der Waals surface area contributed by atoms with E-state index in [-0.39, 0.29) is 0 Å². The summed E-state index contributed by atoms with van der Waals surface area (Å²) in [6, 6.07) is 9.98. The molecule has 3 aromatic rings. The number of ether oxygens (including phenoxy) is 1. The molecule has 1 aromatic heterocycles. The number of esters is 1. The molecule has 0 fully saturated rings. The summed E-state index contributed by atoms with van der Waals surface area (Å²) >= 11 is 6.62. The van der Waals surface area contributed by atoms with Gasteiger partial charge in [0.25, 0.3) is 5.56 Å². The topological polar surface area (TPSA) is 93.5 Å². The highest BCUT2D eigenvalue weighted by atomic mass is 79.9. The SMILES string of the molecule is CC(=O)Oc1c(Br)cc(C=Nn2c(=O)[nH]c3ccccc3c2=O)cc1Br. The van der Waals surface area contributed by atoms with Gasteiger partial charge in [-0.2, -0.15) is 5.10 Å². The molecule has 0 unspecified atom stereocenters. The molecule has 0 radical (unpaired) electrons. The van der Waals surface area contributed by atoms with Gasteiger partial charge in [0.15, 0.2) is 5.75 Å². The first kappa shape index (κ1) is 18.3. The number of rotatable bonds is 3. The zero-order valence-corrected chi connectivity index (χ0v) is 16.5. The Morgan fingerprint density at radius 3 is 2.50 bits per heavy atom. The second-order valence-corrected chi connectivity index (χ2v) is 6.95. The van der Waals surface area contributed by atoms with Gasteiger partial charge in [-0.05, 0) is 61.7 Å². The summed E-state index contributed by atoms with van der Waals surface area (Å²) in [6.45, 7) is 1.30. The molecule has 1 N–H and O–H groups in total. The summed E-state index contributed by atoms with van der Waals surface area (Å²) in [5.74, 6) is -0.127. The Bertz CT molecular complexity index is 1140. The van der Waals surface area contributed by atoms with Gasteiger partial charge >= 0.3 is 11.7 Å². The minimum atomic E-state index is -0.639. The van der Waals surface area contributed by atoms with Crippen LogP contribution in [0.25, 0.3) is 10.9 Å². The van der Waals surface area contributed by atoms with Crippen molar-refractivity contribution < 1.29 is 9.53 Å². The lowest BCUT2D eigenvalue weighted by Crippen LogP contribution is -2.32. The van der Waals surface area contributed by atoms with Crippen LogP contribution in [0.1, 0.15) is 12.5 Å². The van der Waals surface area contributed by atoms with Crippen molar-refractivity contribution in [1.82, 2.24) is 9.66 Å². The van der Waals surface area contributed by atoms with Crippen molar-refractivity contribution in [2.75, 3.05) is 0 Å². The highest BCUT2D eigenvalue weighted by Crippen LogP contribution is 2.34. The maximum absolute atomic E-state index is 12.4. The number of nitrogens with zero attached hydrogens (tertiary/aromatic N) is 2. The van der Waals surface area contributed by atoms with Gasteiger partial charge in [0.05, 0.1) is 26.1 Å². The Hall–Kier alpha value is -2.52. The van der Waals surface area contributed by atoms with E-state index in [1.165, 1.54) is 13.1 Å². The van der Waals surface area contributed by atoms with Crippen LogP contribution < -0.4 is 16.0 Å². The van der Waals surface area contributed by atoms with Gasteiger partial charge in [0.1, 0.15) is 0 Å². The first-order valence-corrected chi connectivity index (χ1v) is 8.91. The van der Waals surface area contributed by atoms with Crippen LogP contribution >= 0.6 is 31.9 Å². The molecule has 0 aliphatic carbocycles. The van der Waals surface area contributed by atoms with Crippen molar-refractivity contribution in [1.29, 1.82) is 0 Å². The average molecular weight is 481 g/mol. The highest BCUT2D eigenvalue weighted by molar-refractivity contribution is 9.11. The lowest BCUT2D eigenvalue weighted by molar-refractivity contribution is -0.131. The molecule has 0 amide bonds. The predicted octanol–water partition coefficient (Wildman–Crippen LogP) is 3.02. The molecule has 0 aliphatic heterocycles. The fraction of sp³-hybridized carbons (Fsp3) is 0.0588. The number of hydrogen-bond acceptors (Lipinski definition) is 5. The number of aromatic amines is 1. The molecule has 0 spiro atoms. The van der Waals surface area contributed by atoms with E-state index in [2.05, 4.69) is 41.9 Å². The highest BCUT2D eigenvalue weighted by Gasteiger charge is 2.11. The molecular weight excluding hydrogens is 470 g/mol. The largest absolute Gasteiger partial charge is 0.424 e. The van der Waals surface area contributed by atoms with Crippen LogP contribution in [0.2, 0.25) is 0 Å². The standard InChI is InChI=1S/C17H11Br2N3O4/c1-9(23)26-15-12(18)6-10(7-13(15)19)8-20-22-16(24)11-4-2-3-5-14(11)21-17(22)25/h2-8H,1H3,(H,21,25). The zero-order chi connectivity index (χ0) is 18.8. The second kappa shape index (κ2) is 7.38. The fourth-order valence-electron chi connectivity index (χ4n) is 2.28. The predicted molar refractivity (Wildman–Crippen MR) is 105 cm³/mol. The molecular formula is C17H11Br2N3O4. The summed E-state index contributed by atoms with van der Waals surface area (Å²) in [4.78, 5) is 38.3. The van der Waals surface area contributed by atoms with Gasteiger partial charge in [-0.15, -0.1) is 4.68 Å². The third-order valence-corrected chi connectivity index (χ3v) is 4.55. The molecule has 132 valence electrons. The molecule has 0 saturated carbocycles. The van der Waals surface area contributed by atoms with E-state index in [1.54, 1.807) is 36.4 Å². The number of para-hydroxylation sites is 1. The van der Waals surface area contributed by atoms with Crippen LogP contribution in [0.15, 0.2) is 60.0 Å². The van der Waals surface area contributed by atoms with Gasteiger partial charge in [0, 0.05) is 6.92 Å². The number of halogens is 2. The number of nitrogens with one attached hydrogen (secondary N) is 1. The minimum absolute atomic E-state index is 0.329. The summed E-state index contributed by atoms with van der Waals surface area (Å²) in [7, 11) is 0. The second-order valence-electron chi connectivity index (χ2n) is 5.24. The van der Waals surface area contributed by atoms with Crippen LogP contribution in [0.3, 0.4) is 0 Å². The van der Waals surface area contributed by atoms with E-state index < -0.39 is 17.2 Å². The van der Waals surface area contributed by atoms with Crippen molar-refractivity contribution in [3.8, 4) is 5.75 Å². The number of hydrogen-bond donors (Lipinski definition) is 1. The number of aromatic nitrogens is 2. The lowest BCUT2D eigenvalue weighted by Gasteiger charge is -2.07.